The van der Waals surface area contributed by atoms with Crippen LogP contribution in [0.15, 0.2) is 36.4 Å². The molecule has 0 radical (unpaired) electrons. The zero-order chi connectivity index (χ0) is 16.6. The maximum absolute atomic E-state index is 14.2. The molecule has 0 saturated heterocycles. The largest absolute Gasteiger partial charge is 0.489 e. The van der Waals surface area contributed by atoms with Gasteiger partial charge in [0.1, 0.15) is 24.0 Å². The molecule has 23 heavy (non-hydrogen) atoms. The smallest absolute Gasteiger partial charge is 0.337 e. The first kappa shape index (κ1) is 15.5. The molecule has 1 aliphatic rings. The van der Waals surface area contributed by atoms with Crippen molar-refractivity contribution in [2.45, 2.75) is 0 Å². The first-order chi connectivity index (χ1) is 11.0. The fourth-order valence-electron chi connectivity index (χ4n) is 2.42. The van der Waals surface area contributed by atoms with Gasteiger partial charge < -0.3 is 9.47 Å². The van der Waals surface area contributed by atoms with Crippen LogP contribution in [0.1, 0.15) is 21.5 Å². The van der Waals surface area contributed by atoms with E-state index in [1.165, 1.54) is 13.2 Å². The molecule has 0 fully saturated rings. The van der Waals surface area contributed by atoms with Crippen LogP contribution < -0.4 is 4.74 Å². The van der Waals surface area contributed by atoms with Crippen molar-refractivity contribution in [3.63, 3.8) is 0 Å². The standard InChI is InChI=1S/C17H11ClF2O3/c1-22-17(21)9-2-3-16-12(6-9)10(4-5-23-16)11-7-13(18)15(20)8-14(11)19/h2-4,6-8H,5H2,1H3. The van der Waals surface area contributed by atoms with Gasteiger partial charge in [-0.25, -0.2) is 13.6 Å². The average Bonchev–Trinajstić information content (AvgIpc) is 2.56. The van der Waals surface area contributed by atoms with E-state index in [1.807, 2.05) is 0 Å². The summed E-state index contributed by atoms with van der Waals surface area (Å²) in [6, 6.07) is 6.66. The third-order valence-electron chi connectivity index (χ3n) is 3.52. The highest BCUT2D eigenvalue weighted by molar-refractivity contribution is 6.31. The molecule has 2 aromatic rings. The lowest BCUT2D eigenvalue weighted by molar-refractivity contribution is 0.0600. The second-order valence-electron chi connectivity index (χ2n) is 4.88. The van der Waals surface area contributed by atoms with Crippen LogP contribution in [0, 0.1) is 11.6 Å². The molecule has 3 nitrogen and oxygen atoms in total. The van der Waals surface area contributed by atoms with Crippen molar-refractivity contribution in [2.24, 2.45) is 0 Å². The molecule has 2 aromatic carbocycles. The van der Waals surface area contributed by atoms with Crippen molar-refractivity contribution in [2.75, 3.05) is 13.7 Å². The van der Waals surface area contributed by atoms with Gasteiger partial charge in [0.05, 0.1) is 17.7 Å². The SMILES string of the molecule is COC(=O)c1ccc2c(c1)C(c1cc(Cl)c(F)cc1F)=CCO2. The summed E-state index contributed by atoms with van der Waals surface area (Å²) >= 11 is 5.76. The van der Waals surface area contributed by atoms with Crippen molar-refractivity contribution in [3.05, 3.63) is 69.8 Å². The molecule has 3 rings (SSSR count). The molecular weight excluding hydrogens is 326 g/mol. The van der Waals surface area contributed by atoms with Crippen LogP contribution in [0.3, 0.4) is 0 Å². The summed E-state index contributed by atoms with van der Waals surface area (Å²) in [6.45, 7) is 0.230. The second kappa shape index (κ2) is 6.01. The fraction of sp³-hybridized carbons (Fsp3) is 0.118. The molecule has 6 heteroatoms. The molecule has 0 unspecified atom stereocenters. The number of halogens is 3. The fourth-order valence-corrected chi connectivity index (χ4v) is 2.58. The molecule has 0 amide bonds. The Morgan fingerprint density at radius 3 is 2.70 bits per heavy atom. The van der Waals surface area contributed by atoms with Gasteiger partial charge >= 0.3 is 5.97 Å². The summed E-state index contributed by atoms with van der Waals surface area (Å²) in [5, 5.41) is -0.181. The minimum Gasteiger partial charge on any atom is -0.489 e. The van der Waals surface area contributed by atoms with Gasteiger partial charge in [-0.2, -0.15) is 0 Å². The maximum Gasteiger partial charge on any atom is 0.337 e. The molecule has 0 bridgehead atoms. The topological polar surface area (TPSA) is 35.5 Å². The molecule has 1 aliphatic heterocycles. The second-order valence-corrected chi connectivity index (χ2v) is 5.28. The molecule has 0 aliphatic carbocycles. The van der Waals surface area contributed by atoms with Crippen LogP contribution in [0.25, 0.3) is 5.57 Å². The van der Waals surface area contributed by atoms with E-state index < -0.39 is 17.6 Å². The van der Waals surface area contributed by atoms with E-state index in [1.54, 1.807) is 24.3 Å². The van der Waals surface area contributed by atoms with Gasteiger partial charge in [-0.3, -0.25) is 0 Å². The van der Waals surface area contributed by atoms with Gasteiger partial charge in [0.2, 0.25) is 0 Å². The number of benzene rings is 2. The summed E-state index contributed by atoms with van der Waals surface area (Å²) < 4.78 is 37.7. The highest BCUT2D eigenvalue weighted by atomic mass is 35.5. The van der Waals surface area contributed by atoms with E-state index >= 15 is 0 Å². The van der Waals surface area contributed by atoms with Crippen molar-refractivity contribution >= 4 is 23.1 Å². The zero-order valence-electron chi connectivity index (χ0n) is 12.0. The minimum atomic E-state index is -0.830. The number of carbonyl (C=O) groups is 1. The predicted molar refractivity (Wildman–Crippen MR) is 81.7 cm³/mol. The molecule has 1 heterocycles. The highest BCUT2D eigenvalue weighted by Gasteiger charge is 2.21. The summed E-state index contributed by atoms with van der Waals surface area (Å²) in [6.07, 6.45) is 1.65. The number of carbonyl (C=O) groups excluding carboxylic acids is 1. The van der Waals surface area contributed by atoms with E-state index in [0.29, 0.717) is 22.4 Å². The van der Waals surface area contributed by atoms with E-state index in [-0.39, 0.29) is 17.2 Å². The number of rotatable bonds is 2. The lowest BCUT2D eigenvalue weighted by Gasteiger charge is -2.20. The van der Waals surface area contributed by atoms with Crippen LogP contribution in [0.4, 0.5) is 8.78 Å². The molecule has 0 spiro atoms. The molecule has 0 N–H and O–H groups in total. The molecule has 0 saturated carbocycles. The van der Waals surface area contributed by atoms with Crippen molar-refractivity contribution < 1.29 is 23.0 Å². The minimum absolute atomic E-state index is 0.142. The van der Waals surface area contributed by atoms with Crippen LogP contribution in [-0.4, -0.2) is 19.7 Å². The van der Waals surface area contributed by atoms with Crippen LogP contribution in [-0.2, 0) is 4.74 Å². The van der Waals surface area contributed by atoms with Gasteiger partial charge in [-0.05, 0) is 35.9 Å². The van der Waals surface area contributed by atoms with Crippen molar-refractivity contribution in [1.29, 1.82) is 0 Å². The number of hydrogen-bond acceptors (Lipinski definition) is 3. The van der Waals surface area contributed by atoms with Crippen molar-refractivity contribution in [1.82, 2.24) is 0 Å². The number of ether oxygens (including phenoxy) is 2. The lowest BCUT2D eigenvalue weighted by atomic mass is 9.93. The summed E-state index contributed by atoms with van der Waals surface area (Å²) in [7, 11) is 1.27. The summed E-state index contributed by atoms with van der Waals surface area (Å²) in [4.78, 5) is 11.7. The van der Waals surface area contributed by atoms with E-state index in [9.17, 15) is 13.6 Å². The zero-order valence-corrected chi connectivity index (χ0v) is 12.8. The lowest BCUT2D eigenvalue weighted by Crippen LogP contribution is -2.09. The Bertz CT molecular complexity index is 831. The highest BCUT2D eigenvalue weighted by Crippen LogP contribution is 2.37. The predicted octanol–water partition coefficient (Wildman–Crippen LogP) is 4.23. The normalized spacial score (nSPS) is 13.0. The molecule has 0 atom stereocenters. The van der Waals surface area contributed by atoms with Gasteiger partial charge in [0.15, 0.2) is 0 Å². The maximum atomic E-state index is 14.2. The Labute approximate surface area is 136 Å². The first-order valence-electron chi connectivity index (χ1n) is 6.72. The Balaban J connectivity index is 2.15. The van der Waals surface area contributed by atoms with Crippen molar-refractivity contribution in [3.8, 4) is 5.75 Å². The number of hydrogen-bond donors (Lipinski definition) is 0. The van der Waals surface area contributed by atoms with Gasteiger partial charge in [-0.1, -0.05) is 11.6 Å². The van der Waals surface area contributed by atoms with Crippen LogP contribution in [0.5, 0.6) is 5.75 Å². The van der Waals surface area contributed by atoms with Crippen LogP contribution >= 0.6 is 11.6 Å². The summed E-state index contributed by atoms with van der Waals surface area (Å²) in [5.41, 5.74) is 1.44. The number of esters is 1. The molecule has 0 aromatic heterocycles. The van der Waals surface area contributed by atoms with Gasteiger partial charge in [0.25, 0.3) is 0 Å². The molecular formula is C17H11ClF2O3. The third-order valence-corrected chi connectivity index (χ3v) is 3.81. The Kier molecular flexibility index (Phi) is 4.05. The quantitative estimate of drug-likeness (QED) is 0.608. The average molecular weight is 337 g/mol. The van der Waals surface area contributed by atoms with Gasteiger partial charge in [0, 0.05) is 17.2 Å². The van der Waals surface area contributed by atoms with E-state index in [2.05, 4.69) is 4.74 Å². The van der Waals surface area contributed by atoms with E-state index in [4.69, 9.17) is 16.3 Å². The number of fused-ring (bicyclic) bond motifs is 1. The van der Waals surface area contributed by atoms with Crippen LogP contribution in [0.2, 0.25) is 5.02 Å². The first-order valence-corrected chi connectivity index (χ1v) is 7.09. The monoisotopic (exact) mass is 336 g/mol. The molecule has 118 valence electrons. The summed E-state index contributed by atoms with van der Waals surface area (Å²) in [5.74, 6) is -1.59. The van der Waals surface area contributed by atoms with E-state index in [0.717, 1.165) is 6.07 Å². The Hall–Kier alpha value is -2.40. The number of methoxy groups -OCH3 is 1. The Morgan fingerprint density at radius 2 is 1.96 bits per heavy atom. The Morgan fingerprint density at radius 1 is 1.17 bits per heavy atom. The third kappa shape index (κ3) is 2.80. The van der Waals surface area contributed by atoms with Gasteiger partial charge in [-0.15, -0.1) is 0 Å².